The lowest BCUT2D eigenvalue weighted by Crippen LogP contribution is -2.26. The molecule has 0 amide bonds. The third kappa shape index (κ3) is 3.05. The number of thiophene rings is 1. The highest BCUT2D eigenvalue weighted by molar-refractivity contribution is 7.08. The van der Waals surface area contributed by atoms with E-state index in [9.17, 15) is 5.11 Å². The Morgan fingerprint density at radius 1 is 1.21 bits per heavy atom. The predicted octanol–water partition coefficient (Wildman–Crippen LogP) is 3.74. The van der Waals surface area contributed by atoms with Gasteiger partial charge in [-0.3, -0.25) is 0 Å². The largest absolute Gasteiger partial charge is 0.504 e. The van der Waals surface area contributed by atoms with Crippen molar-refractivity contribution >= 4 is 22.8 Å². The molecule has 1 aromatic carbocycles. The number of aromatic hydroxyl groups is 1. The van der Waals surface area contributed by atoms with Crippen molar-refractivity contribution in [1.82, 2.24) is 19.8 Å². The molecule has 8 heteroatoms. The van der Waals surface area contributed by atoms with Crippen LogP contribution >= 0.6 is 11.3 Å². The Hall–Kier alpha value is -3.13. The molecule has 142 valence electrons. The van der Waals surface area contributed by atoms with Crippen molar-refractivity contribution < 1.29 is 9.84 Å². The van der Waals surface area contributed by atoms with E-state index in [0.29, 0.717) is 18.3 Å². The minimum atomic E-state index is 0.147. The Bertz CT molecular complexity index is 1120. The molecule has 1 aliphatic rings. The quantitative estimate of drug-likeness (QED) is 0.538. The van der Waals surface area contributed by atoms with Gasteiger partial charge >= 0.3 is 0 Å². The number of nitrogens with zero attached hydrogens (tertiary/aromatic N) is 5. The third-order valence-corrected chi connectivity index (χ3v) is 5.59. The SMILES string of the molecule is COc1cc(CN(c2ccc3nnc(-c4ccsc4)n3n2)C2CC2)ccc1O. The van der Waals surface area contributed by atoms with E-state index in [1.807, 2.05) is 45.6 Å². The van der Waals surface area contributed by atoms with Crippen LogP contribution in [0.5, 0.6) is 11.5 Å². The summed E-state index contributed by atoms with van der Waals surface area (Å²) in [5.41, 5.74) is 2.81. The Morgan fingerprint density at radius 2 is 2.11 bits per heavy atom. The third-order valence-electron chi connectivity index (χ3n) is 4.91. The van der Waals surface area contributed by atoms with Crippen molar-refractivity contribution in [2.24, 2.45) is 0 Å². The molecule has 1 aliphatic carbocycles. The Kier molecular flexibility index (Phi) is 4.12. The first-order chi connectivity index (χ1) is 13.7. The van der Waals surface area contributed by atoms with Crippen LogP contribution in [0, 0.1) is 0 Å². The van der Waals surface area contributed by atoms with Crippen molar-refractivity contribution in [3.63, 3.8) is 0 Å². The van der Waals surface area contributed by atoms with E-state index in [-0.39, 0.29) is 5.75 Å². The molecule has 0 bridgehead atoms. The number of hydrogen-bond donors (Lipinski definition) is 1. The number of phenolic OH excluding ortho intramolecular Hbond substituents is 1. The molecule has 0 unspecified atom stereocenters. The van der Waals surface area contributed by atoms with Gasteiger partial charge in [0.15, 0.2) is 23.0 Å². The zero-order chi connectivity index (χ0) is 19.1. The maximum atomic E-state index is 9.86. The van der Waals surface area contributed by atoms with E-state index in [1.54, 1.807) is 24.5 Å². The van der Waals surface area contributed by atoms with E-state index in [2.05, 4.69) is 15.1 Å². The number of benzene rings is 1. The monoisotopic (exact) mass is 393 g/mol. The first-order valence-corrected chi connectivity index (χ1v) is 10.0. The van der Waals surface area contributed by atoms with Gasteiger partial charge in [0.25, 0.3) is 0 Å². The van der Waals surface area contributed by atoms with Gasteiger partial charge in [-0.25, -0.2) is 0 Å². The highest BCUT2D eigenvalue weighted by Crippen LogP contribution is 2.34. The molecule has 1 N–H and O–H groups in total. The van der Waals surface area contributed by atoms with E-state index >= 15 is 0 Å². The van der Waals surface area contributed by atoms with Crippen LogP contribution in [0.1, 0.15) is 18.4 Å². The second kappa shape index (κ2) is 6.79. The molecule has 3 aromatic heterocycles. The minimum Gasteiger partial charge on any atom is -0.504 e. The molecular weight excluding hydrogens is 374 g/mol. The van der Waals surface area contributed by atoms with Crippen molar-refractivity contribution in [3.05, 3.63) is 52.7 Å². The summed E-state index contributed by atoms with van der Waals surface area (Å²) >= 11 is 1.63. The average Bonchev–Trinajstić information content (AvgIpc) is 3.24. The molecule has 0 atom stereocenters. The van der Waals surface area contributed by atoms with Crippen molar-refractivity contribution in [2.75, 3.05) is 12.0 Å². The average molecular weight is 393 g/mol. The van der Waals surface area contributed by atoms with Crippen LogP contribution in [0.2, 0.25) is 0 Å². The normalized spacial score (nSPS) is 13.8. The van der Waals surface area contributed by atoms with Crippen molar-refractivity contribution in [3.8, 4) is 22.9 Å². The molecule has 5 rings (SSSR count). The minimum absolute atomic E-state index is 0.147. The highest BCUT2D eigenvalue weighted by Gasteiger charge is 2.30. The van der Waals surface area contributed by atoms with Gasteiger partial charge in [-0.05, 0) is 54.1 Å². The summed E-state index contributed by atoms with van der Waals surface area (Å²) in [6.07, 6.45) is 2.29. The summed E-state index contributed by atoms with van der Waals surface area (Å²) in [5, 5.41) is 27.3. The van der Waals surface area contributed by atoms with Gasteiger partial charge in [0, 0.05) is 23.5 Å². The Morgan fingerprint density at radius 3 is 2.86 bits per heavy atom. The summed E-state index contributed by atoms with van der Waals surface area (Å²) in [7, 11) is 1.56. The molecule has 0 radical (unpaired) electrons. The standard InChI is InChI=1S/C20H19N5O2S/c1-27-17-10-13(2-5-16(17)26)11-24(15-3-4-15)19-7-6-18-21-22-20(25(18)23-19)14-8-9-28-12-14/h2,5-10,12,15,26H,3-4,11H2,1H3. The molecule has 3 heterocycles. The van der Waals surface area contributed by atoms with Crippen LogP contribution in [0.25, 0.3) is 17.0 Å². The van der Waals surface area contributed by atoms with Crippen LogP contribution in [-0.4, -0.2) is 38.1 Å². The van der Waals surface area contributed by atoms with Gasteiger partial charge in [0.05, 0.1) is 7.11 Å². The van der Waals surface area contributed by atoms with Crippen LogP contribution in [0.15, 0.2) is 47.2 Å². The molecule has 0 saturated heterocycles. The van der Waals surface area contributed by atoms with Crippen LogP contribution in [0.4, 0.5) is 5.82 Å². The molecule has 7 nitrogen and oxygen atoms in total. The fourth-order valence-corrected chi connectivity index (χ4v) is 3.94. The van der Waals surface area contributed by atoms with Crippen LogP contribution < -0.4 is 9.64 Å². The Labute approximate surface area is 165 Å². The molecule has 1 fully saturated rings. The summed E-state index contributed by atoms with van der Waals surface area (Å²) in [4.78, 5) is 2.29. The van der Waals surface area contributed by atoms with Crippen molar-refractivity contribution in [2.45, 2.75) is 25.4 Å². The molecule has 0 aliphatic heterocycles. The second-order valence-electron chi connectivity index (χ2n) is 6.86. The number of phenols is 1. The van der Waals surface area contributed by atoms with Gasteiger partial charge < -0.3 is 14.7 Å². The van der Waals surface area contributed by atoms with E-state index < -0.39 is 0 Å². The summed E-state index contributed by atoms with van der Waals surface area (Å²) < 4.78 is 7.06. The summed E-state index contributed by atoms with van der Waals surface area (Å²) in [5.74, 6) is 2.27. The van der Waals surface area contributed by atoms with Crippen molar-refractivity contribution in [1.29, 1.82) is 0 Å². The van der Waals surface area contributed by atoms with Gasteiger partial charge in [-0.15, -0.1) is 15.3 Å². The summed E-state index contributed by atoms with van der Waals surface area (Å²) in [6, 6.07) is 11.9. The number of hydrogen-bond acceptors (Lipinski definition) is 7. The number of fused-ring (bicyclic) bond motifs is 1. The predicted molar refractivity (Wildman–Crippen MR) is 108 cm³/mol. The summed E-state index contributed by atoms with van der Waals surface area (Å²) in [6.45, 7) is 0.690. The molecule has 4 aromatic rings. The van der Waals surface area contributed by atoms with E-state index in [0.717, 1.165) is 41.3 Å². The zero-order valence-electron chi connectivity index (χ0n) is 15.3. The van der Waals surface area contributed by atoms with E-state index in [1.165, 1.54) is 0 Å². The fraction of sp³-hybridized carbons (Fsp3) is 0.250. The first-order valence-electron chi connectivity index (χ1n) is 9.10. The molecule has 1 saturated carbocycles. The lowest BCUT2D eigenvalue weighted by Gasteiger charge is -2.24. The maximum Gasteiger partial charge on any atom is 0.186 e. The Balaban J connectivity index is 1.52. The number of methoxy groups -OCH3 is 1. The van der Waals surface area contributed by atoms with Crippen LogP contribution in [0.3, 0.4) is 0 Å². The van der Waals surface area contributed by atoms with E-state index in [4.69, 9.17) is 9.84 Å². The van der Waals surface area contributed by atoms with Gasteiger partial charge in [-0.1, -0.05) is 6.07 Å². The van der Waals surface area contributed by atoms with Gasteiger partial charge in [0.1, 0.15) is 5.82 Å². The first kappa shape index (κ1) is 17.0. The lowest BCUT2D eigenvalue weighted by molar-refractivity contribution is 0.373. The van der Waals surface area contributed by atoms with Crippen LogP contribution in [-0.2, 0) is 6.54 Å². The number of ether oxygens (including phenoxy) is 1. The number of anilines is 1. The topological polar surface area (TPSA) is 75.8 Å². The molecular formula is C20H19N5O2S. The zero-order valence-corrected chi connectivity index (χ0v) is 16.1. The second-order valence-corrected chi connectivity index (χ2v) is 7.64. The smallest absolute Gasteiger partial charge is 0.186 e. The molecule has 28 heavy (non-hydrogen) atoms. The maximum absolute atomic E-state index is 9.86. The fourth-order valence-electron chi connectivity index (χ4n) is 3.30. The number of aromatic nitrogens is 4. The number of rotatable bonds is 6. The molecule has 0 spiro atoms. The lowest BCUT2D eigenvalue weighted by atomic mass is 10.2. The van der Waals surface area contributed by atoms with Gasteiger partial charge in [0.2, 0.25) is 0 Å². The van der Waals surface area contributed by atoms with Gasteiger partial charge in [-0.2, -0.15) is 15.9 Å². The highest BCUT2D eigenvalue weighted by atomic mass is 32.1.